The summed E-state index contributed by atoms with van der Waals surface area (Å²) >= 11 is 0. The molecule has 0 aliphatic carbocycles. The van der Waals surface area contributed by atoms with E-state index in [0.29, 0.717) is 16.5 Å². The van der Waals surface area contributed by atoms with Gasteiger partial charge in [0.1, 0.15) is 12.4 Å². The van der Waals surface area contributed by atoms with Crippen LogP contribution in [0, 0.1) is 5.82 Å². The van der Waals surface area contributed by atoms with E-state index in [1.807, 2.05) is 0 Å². The molecule has 120 valence electrons. The van der Waals surface area contributed by atoms with Crippen LogP contribution in [0.2, 0.25) is 0 Å². The quantitative estimate of drug-likeness (QED) is 0.586. The van der Waals surface area contributed by atoms with Gasteiger partial charge in [-0.15, -0.1) is 0 Å². The Bertz CT molecular complexity index is 964. The number of hydrogen-bond donors (Lipinski definition) is 1. The lowest BCUT2D eigenvalue weighted by Crippen LogP contribution is -2.30. The van der Waals surface area contributed by atoms with Crippen molar-refractivity contribution in [3.63, 3.8) is 0 Å². The molecule has 0 saturated carbocycles. The summed E-state index contributed by atoms with van der Waals surface area (Å²) in [6.07, 6.45) is 2.71. The standard InChI is InChI=1S/C17H13FN4O2/c18-13-7-5-12(6-8-13)9-20-21-16(23)10-22-11-19-15-4-2-1-3-14(15)17(22)24/h1-9,11H,10H2,(H,21,23)/b20-9+. The molecule has 0 radical (unpaired) electrons. The number of hydrazone groups is 1. The van der Waals surface area contributed by atoms with E-state index in [9.17, 15) is 14.0 Å². The minimum atomic E-state index is -0.465. The first-order chi connectivity index (χ1) is 11.6. The summed E-state index contributed by atoms with van der Waals surface area (Å²) in [5, 5.41) is 4.22. The third kappa shape index (κ3) is 3.52. The molecule has 7 heteroatoms. The van der Waals surface area contributed by atoms with E-state index in [1.165, 1.54) is 41.4 Å². The van der Waals surface area contributed by atoms with E-state index >= 15 is 0 Å². The van der Waals surface area contributed by atoms with E-state index < -0.39 is 5.91 Å². The molecule has 1 heterocycles. The second-order valence-electron chi connectivity index (χ2n) is 5.04. The molecule has 1 aromatic heterocycles. The van der Waals surface area contributed by atoms with Gasteiger partial charge in [0.15, 0.2) is 0 Å². The first kappa shape index (κ1) is 15.5. The zero-order valence-corrected chi connectivity index (χ0v) is 12.5. The molecule has 0 saturated heterocycles. The molecule has 0 atom stereocenters. The number of halogens is 1. The van der Waals surface area contributed by atoms with Crippen molar-refractivity contribution in [3.05, 3.63) is 76.6 Å². The number of hydrogen-bond acceptors (Lipinski definition) is 4. The smallest absolute Gasteiger partial charge is 0.261 e. The molecule has 0 spiro atoms. The van der Waals surface area contributed by atoms with Gasteiger partial charge in [0, 0.05) is 0 Å². The fourth-order valence-corrected chi connectivity index (χ4v) is 2.14. The Morgan fingerprint density at radius 1 is 1.21 bits per heavy atom. The highest BCUT2D eigenvalue weighted by Gasteiger charge is 2.07. The second kappa shape index (κ2) is 6.82. The Kier molecular flexibility index (Phi) is 4.42. The fourth-order valence-electron chi connectivity index (χ4n) is 2.14. The molecular weight excluding hydrogens is 311 g/mol. The zero-order chi connectivity index (χ0) is 16.9. The van der Waals surface area contributed by atoms with Crippen LogP contribution in [0.1, 0.15) is 5.56 Å². The van der Waals surface area contributed by atoms with E-state index in [1.54, 1.807) is 24.3 Å². The number of rotatable bonds is 4. The normalized spacial score (nSPS) is 11.0. The minimum Gasteiger partial charge on any atom is -0.289 e. The first-order valence-electron chi connectivity index (χ1n) is 7.15. The van der Waals surface area contributed by atoms with Crippen LogP contribution in [0.15, 0.2) is 64.8 Å². The van der Waals surface area contributed by atoms with Crippen LogP contribution in [0.4, 0.5) is 4.39 Å². The molecular formula is C17H13FN4O2. The molecule has 3 rings (SSSR count). The number of fused-ring (bicyclic) bond motifs is 1. The Morgan fingerprint density at radius 3 is 2.75 bits per heavy atom. The van der Waals surface area contributed by atoms with Crippen molar-refractivity contribution in [1.29, 1.82) is 0 Å². The molecule has 1 amide bonds. The summed E-state index contributed by atoms with van der Waals surface area (Å²) in [5.74, 6) is -0.813. The molecule has 0 fully saturated rings. The lowest BCUT2D eigenvalue weighted by molar-refractivity contribution is -0.121. The maximum atomic E-state index is 12.8. The van der Waals surface area contributed by atoms with Gasteiger partial charge < -0.3 is 0 Å². The van der Waals surface area contributed by atoms with Crippen molar-refractivity contribution in [2.24, 2.45) is 5.10 Å². The van der Waals surface area contributed by atoms with Gasteiger partial charge in [-0.25, -0.2) is 14.8 Å². The second-order valence-corrected chi connectivity index (χ2v) is 5.04. The molecule has 3 aromatic rings. The predicted octanol–water partition coefficient (Wildman–Crippen LogP) is 1.69. The van der Waals surface area contributed by atoms with E-state index in [2.05, 4.69) is 15.5 Å². The highest BCUT2D eigenvalue weighted by Crippen LogP contribution is 2.04. The van der Waals surface area contributed by atoms with Crippen LogP contribution in [-0.4, -0.2) is 21.7 Å². The Labute approximate surface area is 136 Å². The number of amides is 1. The van der Waals surface area contributed by atoms with Crippen molar-refractivity contribution in [3.8, 4) is 0 Å². The summed E-state index contributed by atoms with van der Waals surface area (Å²) in [7, 11) is 0. The maximum absolute atomic E-state index is 12.8. The van der Waals surface area contributed by atoms with Crippen molar-refractivity contribution in [2.45, 2.75) is 6.54 Å². The van der Waals surface area contributed by atoms with E-state index in [4.69, 9.17) is 0 Å². The van der Waals surface area contributed by atoms with Crippen LogP contribution in [0.3, 0.4) is 0 Å². The number of benzene rings is 2. The van der Waals surface area contributed by atoms with Gasteiger partial charge in [-0.3, -0.25) is 14.2 Å². The third-order valence-corrected chi connectivity index (χ3v) is 3.32. The van der Waals surface area contributed by atoms with E-state index in [0.717, 1.165) is 0 Å². The average molecular weight is 324 g/mol. The molecule has 0 aliphatic rings. The summed E-state index contributed by atoms with van der Waals surface area (Å²) in [6.45, 7) is -0.197. The van der Waals surface area contributed by atoms with Crippen LogP contribution in [0.5, 0.6) is 0 Å². The molecule has 0 bridgehead atoms. The predicted molar refractivity (Wildman–Crippen MR) is 88.1 cm³/mol. The van der Waals surface area contributed by atoms with Gasteiger partial charge in [0.2, 0.25) is 0 Å². The first-order valence-corrected chi connectivity index (χ1v) is 7.15. The van der Waals surface area contributed by atoms with Crippen molar-refractivity contribution in [2.75, 3.05) is 0 Å². The molecule has 0 unspecified atom stereocenters. The van der Waals surface area contributed by atoms with Gasteiger partial charge in [-0.1, -0.05) is 24.3 Å². The lowest BCUT2D eigenvalue weighted by atomic mass is 10.2. The molecule has 1 N–H and O–H groups in total. The molecule has 0 aliphatic heterocycles. The number of carbonyl (C=O) groups excluding carboxylic acids is 1. The van der Waals surface area contributed by atoms with Gasteiger partial charge in [0.25, 0.3) is 11.5 Å². The Balaban J connectivity index is 1.68. The number of carbonyl (C=O) groups is 1. The zero-order valence-electron chi connectivity index (χ0n) is 12.5. The minimum absolute atomic E-state index is 0.197. The van der Waals surface area contributed by atoms with Crippen molar-refractivity contribution >= 4 is 23.0 Å². The topological polar surface area (TPSA) is 76.3 Å². The molecule has 24 heavy (non-hydrogen) atoms. The number of nitrogens with one attached hydrogen (secondary N) is 1. The lowest BCUT2D eigenvalue weighted by Gasteiger charge is -2.05. The summed E-state index contributed by atoms with van der Waals surface area (Å²) in [4.78, 5) is 28.3. The van der Waals surface area contributed by atoms with Crippen molar-refractivity contribution < 1.29 is 9.18 Å². The SMILES string of the molecule is O=C(Cn1cnc2ccccc2c1=O)N/N=C/c1ccc(F)cc1. The third-order valence-electron chi connectivity index (χ3n) is 3.32. The monoisotopic (exact) mass is 324 g/mol. The molecule has 6 nitrogen and oxygen atoms in total. The number of para-hydroxylation sites is 1. The van der Waals surface area contributed by atoms with Crippen LogP contribution in [-0.2, 0) is 11.3 Å². The van der Waals surface area contributed by atoms with Crippen LogP contribution in [0.25, 0.3) is 10.9 Å². The van der Waals surface area contributed by atoms with Gasteiger partial charge in [0.05, 0.1) is 23.4 Å². The van der Waals surface area contributed by atoms with Crippen molar-refractivity contribution in [1.82, 2.24) is 15.0 Å². The van der Waals surface area contributed by atoms with Gasteiger partial charge in [-0.2, -0.15) is 5.10 Å². The van der Waals surface area contributed by atoms with E-state index in [-0.39, 0.29) is 17.9 Å². The Morgan fingerprint density at radius 2 is 1.96 bits per heavy atom. The highest BCUT2D eigenvalue weighted by molar-refractivity contribution is 5.82. The number of nitrogens with zero attached hydrogens (tertiary/aromatic N) is 3. The Hall–Kier alpha value is -3.35. The highest BCUT2D eigenvalue weighted by atomic mass is 19.1. The van der Waals surface area contributed by atoms with Crippen LogP contribution < -0.4 is 11.0 Å². The average Bonchev–Trinajstić information content (AvgIpc) is 2.59. The van der Waals surface area contributed by atoms with Gasteiger partial charge in [-0.05, 0) is 29.8 Å². The fraction of sp³-hybridized carbons (Fsp3) is 0.0588. The summed E-state index contributed by atoms with van der Waals surface area (Å²) in [5.41, 5.74) is 3.24. The largest absolute Gasteiger partial charge is 0.289 e. The maximum Gasteiger partial charge on any atom is 0.261 e. The summed E-state index contributed by atoms with van der Waals surface area (Å²) < 4.78 is 14.0. The summed E-state index contributed by atoms with van der Waals surface area (Å²) in [6, 6.07) is 12.6. The van der Waals surface area contributed by atoms with Gasteiger partial charge >= 0.3 is 0 Å². The number of aromatic nitrogens is 2. The molecule has 2 aromatic carbocycles. The van der Waals surface area contributed by atoms with Crippen LogP contribution >= 0.6 is 0 Å².